The number of nitriles is 1. The van der Waals surface area contributed by atoms with E-state index in [2.05, 4.69) is 15.2 Å². The van der Waals surface area contributed by atoms with Crippen molar-refractivity contribution in [1.29, 1.82) is 5.26 Å². The van der Waals surface area contributed by atoms with Crippen molar-refractivity contribution in [2.45, 2.75) is 16.3 Å². The highest BCUT2D eigenvalue weighted by molar-refractivity contribution is 7.99. The Labute approximate surface area is 148 Å². The lowest BCUT2D eigenvalue weighted by Crippen LogP contribution is -2.24. The Hall–Kier alpha value is -3.05. The van der Waals surface area contributed by atoms with Crippen molar-refractivity contribution in [3.63, 3.8) is 0 Å². The molecule has 1 aliphatic rings. The van der Waals surface area contributed by atoms with Gasteiger partial charge in [-0.15, -0.1) is 10.2 Å². The summed E-state index contributed by atoms with van der Waals surface area (Å²) < 4.78 is 13.6. The van der Waals surface area contributed by atoms with Gasteiger partial charge in [0, 0.05) is 7.05 Å². The molecule has 0 radical (unpaired) electrons. The van der Waals surface area contributed by atoms with Crippen molar-refractivity contribution in [1.82, 2.24) is 19.7 Å². The van der Waals surface area contributed by atoms with Gasteiger partial charge in [0.05, 0.1) is 0 Å². The molecule has 7 nitrogen and oxygen atoms in total. The largest absolute Gasteiger partial charge is 0.485 e. The molecule has 1 atom stereocenters. The number of pyridine rings is 1. The van der Waals surface area contributed by atoms with E-state index < -0.39 is 0 Å². The van der Waals surface area contributed by atoms with Crippen molar-refractivity contribution in [3.05, 3.63) is 54.0 Å². The van der Waals surface area contributed by atoms with Crippen LogP contribution in [0.3, 0.4) is 0 Å². The second-order valence-electron chi connectivity index (χ2n) is 5.34. The maximum atomic E-state index is 8.95. The predicted octanol–water partition coefficient (Wildman–Crippen LogP) is 2.75. The average Bonchev–Trinajstić information content (AvgIpc) is 3.02. The van der Waals surface area contributed by atoms with Crippen LogP contribution in [-0.4, -0.2) is 26.4 Å². The van der Waals surface area contributed by atoms with E-state index in [-0.39, 0.29) is 6.10 Å². The van der Waals surface area contributed by atoms with Crippen LogP contribution in [0.4, 0.5) is 0 Å². The molecular formula is C17H13N5O2S. The molecule has 0 spiro atoms. The minimum Gasteiger partial charge on any atom is -0.485 e. The summed E-state index contributed by atoms with van der Waals surface area (Å²) in [5.74, 6) is 2.10. The first kappa shape index (κ1) is 15.5. The van der Waals surface area contributed by atoms with Gasteiger partial charge in [0.25, 0.3) is 0 Å². The van der Waals surface area contributed by atoms with Crippen LogP contribution in [0.5, 0.6) is 11.5 Å². The monoisotopic (exact) mass is 351 g/mol. The van der Waals surface area contributed by atoms with Crippen molar-refractivity contribution >= 4 is 11.8 Å². The Morgan fingerprint density at radius 3 is 2.84 bits per heavy atom. The minimum absolute atomic E-state index is 0.333. The minimum atomic E-state index is -0.333. The number of aromatic nitrogens is 4. The molecule has 0 saturated heterocycles. The lowest BCUT2D eigenvalue weighted by atomic mass is 10.2. The van der Waals surface area contributed by atoms with Crippen LogP contribution in [0.1, 0.15) is 17.6 Å². The first-order valence-corrected chi connectivity index (χ1v) is 8.39. The van der Waals surface area contributed by atoms with Crippen molar-refractivity contribution < 1.29 is 9.47 Å². The lowest BCUT2D eigenvalue weighted by Gasteiger charge is -2.25. The number of fused-ring (bicyclic) bond motifs is 1. The second-order valence-corrected chi connectivity index (χ2v) is 6.33. The zero-order valence-electron chi connectivity index (χ0n) is 13.3. The number of rotatable bonds is 3. The van der Waals surface area contributed by atoms with Crippen LogP contribution in [0, 0.1) is 11.3 Å². The molecule has 0 N–H and O–H groups in total. The molecular weight excluding hydrogens is 338 g/mol. The molecule has 0 fully saturated rings. The first-order valence-electron chi connectivity index (χ1n) is 7.57. The predicted molar refractivity (Wildman–Crippen MR) is 89.4 cm³/mol. The SMILES string of the molecule is Cn1c(Sc2cccc(C#N)n2)nnc1C1COc2ccccc2O1. The van der Waals surface area contributed by atoms with Gasteiger partial charge in [-0.1, -0.05) is 18.2 Å². The summed E-state index contributed by atoms with van der Waals surface area (Å²) >= 11 is 1.34. The normalized spacial score (nSPS) is 15.6. The number of hydrogen-bond donors (Lipinski definition) is 0. The molecule has 0 saturated carbocycles. The summed E-state index contributed by atoms with van der Waals surface area (Å²) in [6.45, 7) is 0.371. The number of hydrogen-bond acceptors (Lipinski definition) is 7. The fourth-order valence-electron chi connectivity index (χ4n) is 2.47. The lowest BCUT2D eigenvalue weighted by molar-refractivity contribution is 0.0825. The van der Waals surface area contributed by atoms with E-state index in [1.54, 1.807) is 12.1 Å². The summed E-state index contributed by atoms with van der Waals surface area (Å²) in [4.78, 5) is 4.24. The molecule has 4 rings (SSSR count). The zero-order chi connectivity index (χ0) is 17.2. The maximum absolute atomic E-state index is 8.95. The molecule has 1 aliphatic heterocycles. The Bertz CT molecular complexity index is 966. The van der Waals surface area contributed by atoms with Gasteiger partial charge in [-0.25, -0.2) is 4.98 Å². The van der Waals surface area contributed by atoms with Gasteiger partial charge in [0.1, 0.15) is 23.4 Å². The molecule has 3 aromatic rings. The molecule has 0 bridgehead atoms. The summed E-state index contributed by atoms with van der Waals surface area (Å²) in [6, 6.07) is 14.9. The highest BCUT2D eigenvalue weighted by atomic mass is 32.2. The van der Waals surface area contributed by atoms with Gasteiger partial charge in [0.15, 0.2) is 28.6 Å². The topological polar surface area (TPSA) is 85.9 Å². The van der Waals surface area contributed by atoms with Gasteiger partial charge >= 0.3 is 0 Å². The molecule has 1 unspecified atom stereocenters. The van der Waals surface area contributed by atoms with Crippen LogP contribution in [-0.2, 0) is 7.05 Å². The van der Waals surface area contributed by atoms with E-state index >= 15 is 0 Å². The van der Waals surface area contributed by atoms with Crippen LogP contribution in [0.25, 0.3) is 0 Å². The van der Waals surface area contributed by atoms with E-state index in [0.717, 1.165) is 5.75 Å². The average molecular weight is 351 g/mol. The van der Waals surface area contributed by atoms with Crippen LogP contribution >= 0.6 is 11.8 Å². The van der Waals surface area contributed by atoms with Gasteiger partial charge < -0.3 is 14.0 Å². The molecule has 2 aromatic heterocycles. The Morgan fingerprint density at radius 2 is 2.00 bits per heavy atom. The highest BCUT2D eigenvalue weighted by Crippen LogP contribution is 2.36. The smallest absolute Gasteiger partial charge is 0.197 e. The molecule has 0 amide bonds. The molecule has 3 heterocycles. The summed E-state index contributed by atoms with van der Waals surface area (Å²) in [7, 11) is 1.87. The van der Waals surface area contributed by atoms with E-state index in [1.165, 1.54) is 11.8 Å². The first-order chi connectivity index (χ1) is 12.2. The van der Waals surface area contributed by atoms with Gasteiger partial charge in [0.2, 0.25) is 0 Å². The molecule has 1 aromatic carbocycles. The van der Waals surface area contributed by atoms with Crippen LogP contribution in [0.2, 0.25) is 0 Å². The molecule has 0 aliphatic carbocycles. The third-order valence-corrected chi connectivity index (χ3v) is 4.67. The van der Waals surface area contributed by atoms with Crippen molar-refractivity contribution in [2.24, 2.45) is 7.05 Å². The molecule has 124 valence electrons. The number of benzene rings is 1. The third kappa shape index (κ3) is 3.02. The van der Waals surface area contributed by atoms with Crippen molar-refractivity contribution in [3.8, 4) is 17.6 Å². The Kier molecular flexibility index (Phi) is 3.99. The zero-order valence-corrected chi connectivity index (χ0v) is 14.1. The quantitative estimate of drug-likeness (QED) is 0.717. The van der Waals surface area contributed by atoms with E-state index in [0.29, 0.717) is 34.1 Å². The Morgan fingerprint density at radius 1 is 1.16 bits per heavy atom. The summed E-state index contributed by atoms with van der Waals surface area (Å²) in [5, 5.41) is 18.8. The molecule has 8 heteroatoms. The van der Waals surface area contributed by atoms with Crippen LogP contribution in [0.15, 0.2) is 52.6 Å². The fourth-order valence-corrected chi connectivity index (χ4v) is 3.26. The maximum Gasteiger partial charge on any atom is 0.197 e. The number of para-hydroxylation sites is 2. The van der Waals surface area contributed by atoms with Gasteiger partial charge in [-0.3, -0.25) is 0 Å². The van der Waals surface area contributed by atoms with Gasteiger partial charge in [-0.05, 0) is 36.0 Å². The summed E-state index contributed by atoms with van der Waals surface area (Å²) in [6.07, 6.45) is -0.333. The van der Waals surface area contributed by atoms with Crippen LogP contribution < -0.4 is 9.47 Å². The fraction of sp³-hybridized carbons (Fsp3) is 0.176. The van der Waals surface area contributed by atoms with E-state index in [9.17, 15) is 0 Å². The van der Waals surface area contributed by atoms with Crippen molar-refractivity contribution in [2.75, 3.05) is 6.61 Å². The summed E-state index contributed by atoms with van der Waals surface area (Å²) in [5.41, 5.74) is 0.369. The third-order valence-electron chi connectivity index (χ3n) is 3.70. The van der Waals surface area contributed by atoms with Gasteiger partial charge in [-0.2, -0.15) is 5.26 Å². The van der Waals surface area contributed by atoms with E-state index in [1.807, 2.05) is 48.0 Å². The second kappa shape index (κ2) is 6.45. The Balaban J connectivity index is 1.56. The standard InChI is InChI=1S/C17H13N5O2S/c1-22-16(14-10-23-12-6-2-3-7-13(12)24-14)20-21-17(22)25-15-8-4-5-11(9-18)19-15/h2-8,14H,10H2,1H3. The number of ether oxygens (including phenoxy) is 2. The highest BCUT2D eigenvalue weighted by Gasteiger charge is 2.27. The molecule has 25 heavy (non-hydrogen) atoms. The van der Waals surface area contributed by atoms with E-state index in [4.69, 9.17) is 14.7 Å². The number of nitrogens with zero attached hydrogens (tertiary/aromatic N) is 5.